The van der Waals surface area contributed by atoms with Gasteiger partial charge in [-0.25, -0.2) is 0 Å². The third kappa shape index (κ3) is 2.71. The number of aliphatic hydroxyl groups is 1. The van der Waals surface area contributed by atoms with E-state index in [1.54, 1.807) is 13.3 Å². The molecule has 18 heavy (non-hydrogen) atoms. The van der Waals surface area contributed by atoms with Crippen molar-refractivity contribution < 1.29 is 9.84 Å². The van der Waals surface area contributed by atoms with Crippen LogP contribution in [0.5, 0.6) is 5.75 Å². The first-order valence-electron chi connectivity index (χ1n) is 5.56. The van der Waals surface area contributed by atoms with Gasteiger partial charge in [0.2, 0.25) is 0 Å². The Hall–Kier alpha value is -1.39. The number of methoxy groups -OCH3 is 1. The van der Waals surface area contributed by atoms with E-state index in [1.807, 2.05) is 37.3 Å². The lowest BCUT2D eigenvalue weighted by molar-refractivity contribution is 0.214. The molecule has 0 aliphatic heterocycles. The van der Waals surface area contributed by atoms with Crippen molar-refractivity contribution in [1.82, 2.24) is 4.98 Å². The summed E-state index contributed by atoms with van der Waals surface area (Å²) < 4.78 is 6.20. The highest BCUT2D eigenvalue weighted by Gasteiger charge is 2.15. The molecule has 1 heterocycles. The van der Waals surface area contributed by atoms with Gasteiger partial charge in [0.05, 0.1) is 7.11 Å². The number of hydrogen-bond donors (Lipinski definition) is 1. The SMILES string of the molecule is COc1cc(Br)ccc1C(O)c1ccc(C)nc1. The van der Waals surface area contributed by atoms with Crippen LogP contribution < -0.4 is 4.74 Å². The summed E-state index contributed by atoms with van der Waals surface area (Å²) >= 11 is 3.38. The molecule has 0 amide bonds. The molecule has 0 fully saturated rings. The van der Waals surface area contributed by atoms with Gasteiger partial charge < -0.3 is 9.84 Å². The van der Waals surface area contributed by atoms with Crippen LogP contribution in [0.1, 0.15) is 22.9 Å². The highest BCUT2D eigenvalue weighted by molar-refractivity contribution is 9.10. The molecule has 0 saturated heterocycles. The number of halogens is 1. The van der Waals surface area contributed by atoms with Crippen molar-refractivity contribution in [1.29, 1.82) is 0 Å². The molecule has 0 aliphatic carbocycles. The summed E-state index contributed by atoms with van der Waals surface area (Å²) in [5.74, 6) is 0.650. The average Bonchev–Trinajstić information content (AvgIpc) is 2.38. The van der Waals surface area contributed by atoms with Gasteiger partial charge in [0.25, 0.3) is 0 Å². The minimum Gasteiger partial charge on any atom is -0.496 e. The summed E-state index contributed by atoms with van der Waals surface area (Å²) in [5.41, 5.74) is 2.40. The average molecular weight is 308 g/mol. The van der Waals surface area contributed by atoms with Crippen molar-refractivity contribution in [3.8, 4) is 5.75 Å². The Balaban J connectivity index is 2.39. The number of benzene rings is 1. The van der Waals surface area contributed by atoms with Crippen LogP contribution in [0.3, 0.4) is 0 Å². The molecule has 2 rings (SSSR count). The van der Waals surface area contributed by atoms with Crippen LogP contribution in [0, 0.1) is 6.92 Å². The quantitative estimate of drug-likeness (QED) is 0.946. The molecule has 2 aromatic rings. The predicted octanol–water partition coefficient (Wildman–Crippen LogP) is 3.24. The summed E-state index contributed by atoms with van der Waals surface area (Å²) in [5, 5.41) is 10.4. The largest absolute Gasteiger partial charge is 0.496 e. The van der Waals surface area contributed by atoms with Gasteiger partial charge in [-0.2, -0.15) is 0 Å². The van der Waals surface area contributed by atoms with Crippen LogP contribution >= 0.6 is 15.9 Å². The molecule has 1 atom stereocenters. The number of nitrogens with zero attached hydrogens (tertiary/aromatic N) is 1. The third-order valence-corrected chi connectivity index (χ3v) is 3.23. The van der Waals surface area contributed by atoms with Gasteiger partial charge in [0.1, 0.15) is 11.9 Å². The van der Waals surface area contributed by atoms with E-state index in [0.717, 1.165) is 21.3 Å². The fourth-order valence-corrected chi connectivity index (χ4v) is 2.07. The van der Waals surface area contributed by atoms with E-state index in [-0.39, 0.29) is 0 Å². The van der Waals surface area contributed by atoms with Crippen molar-refractivity contribution in [2.24, 2.45) is 0 Å². The second-order valence-corrected chi connectivity index (χ2v) is 4.94. The van der Waals surface area contributed by atoms with Gasteiger partial charge in [0, 0.05) is 27.5 Å². The summed E-state index contributed by atoms with van der Waals surface area (Å²) in [4.78, 5) is 4.19. The van der Waals surface area contributed by atoms with E-state index in [4.69, 9.17) is 4.74 Å². The van der Waals surface area contributed by atoms with E-state index < -0.39 is 6.10 Å². The maximum atomic E-state index is 10.4. The molecule has 0 aliphatic rings. The Bertz CT molecular complexity index is 540. The van der Waals surface area contributed by atoms with Crippen LogP contribution in [0.4, 0.5) is 0 Å². The fraction of sp³-hybridized carbons (Fsp3) is 0.214. The molecule has 1 unspecified atom stereocenters. The summed E-state index contributed by atoms with van der Waals surface area (Å²) in [6.07, 6.45) is 0.947. The van der Waals surface area contributed by atoms with Gasteiger partial charge in [-0.05, 0) is 25.1 Å². The standard InChI is InChI=1S/C14H14BrNO2/c1-9-3-4-10(8-16-9)14(17)12-6-5-11(15)7-13(12)18-2/h3-8,14,17H,1-2H3. The van der Waals surface area contributed by atoms with Crippen LogP contribution in [-0.4, -0.2) is 17.2 Å². The number of aliphatic hydroxyl groups excluding tert-OH is 1. The van der Waals surface area contributed by atoms with Gasteiger partial charge >= 0.3 is 0 Å². The van der Waals surface area contributed by atoms with E-state index in [9.17, 15) is 5.11 Å². The van der Waals surface area contributed by atoms with Crippen molar-refractivity contribution in [2.45, 2.75) is 13.0 Å². The molecule has 0 saturated carbocycles. The maximum Gasteiger partial charge on any atom is 0.126 e. The zero-order valence-corrected chi connectivity index (χ0v) is 11.8. The molecule has 94 valence electrons. The Morgan fingerprint density at radius 1 is 1.28 bits per heavy atom. The van der Waals surface area contributed by atoms with Crippen LogP contribution in [0.15, 0.2) is 41.0 Å². The van der Waals surface area contributed by atoms with Crippen LogP contribution in [0.2, 0.25) is 0 Å². The van der Waals surface area contributed by atoms with E-state index in [1.165, 1.54) is 0 Å². The molecule has 1 aromatic carbocycles. The Labute approximate surface area is 115 Å². The number of hydrogen-bond acceptors (Lipinski definition) is 3. The fourth-order valence-electron chi connectivity index (χ4n) is 1.73. The lowest BCUT2D eigenvalue weighted by Crippen LogP contribution is -2.03. The third-order valence-electron chi connectivity index (χ3n) is 2.74. The lowest BCUT2D eigenvalue weighted by atomic mass is 10.0. The summed E-state index contributed by atoms with van der Waals surface area (Å²) in [6, 6.07) is 9.30. The molecule has 0 spiro atoms. The zero-order chi connectivity index (χ0) is 13.1. The second kappa shape index (κ2) is 5.50. The minimum absolute atomic E-state index is 0.650. The van der Waals surface area contributed by atoms with Gasteiger partial charge in [-0.15, -0.1) is 0 Å². The van der Waals surface area contributed by atoms with Crippen molar-refractivity contribution in [3.05, 3.63) is 57.8 Å². The van der Waals surface area contributed by atoms with Gasteiger partial charge in [-0.1, -0.05) is 28.1 Å². The first kappa shape index (κ1) is 13.1. The summed E-state index contributed by atoms with van der Waals surface area (Å²) in [6.45, 7) is 1.91. The molecule has 0 radical (unpaired) electrons. The van der Waals surface area contributed by atoms with E-state index >= 15 is 0 Å². The predicted molar refractivity (Wildman–Crippen MR) is 73.7 cm³/mol. The number of aromatic nitrogens is 1. The molecule has 3 nitrogen and oxygen atoms in total. The molecular formula is C14H14BrNO2. The topological polar surface area (TPSA) is 42.4 Å². The first-order chi connectivity index (χ1) is 8.61. The molecular weight excluding hydrogens is 294 g/mol. The van der Waals surface area contributed by atoms with Gasteiger partial charge in [-0.3, -0.25) is 4.98 Å². The maximum absolute atomic E-state index is 10.4. The van der Waals surface area contributed by atoms with Crippen molar-refractivity contribution >= 4 is 15.9 Å². The van der Waals surface area contributed by atoms with Crippen molar-refractivity contribution in [3.63, 3.8) is 0 Å². The monoisotopic (exact) mass is 307 g/mol. The normalized spacial score (nSPS) is 12.2. The second-order valence-electron chi connectivity index (χ2n) is 4.02. The number of pyridine rings is 1. The number of rotatable bonds is 3. The first-order valence-corrected chi connectivity index (χ1v) is 6.35. The molecule has 4 heteroatoms. The highest BCUT2D eigenvalue weighted by atomic mass is 79.9. The van der Waals surface area contributed by atoms with E-state index in [0.29, 0.717) is 5.75 Å². The molecule has 1 aromatic heterocycles. The summed E-state index contributed by atoms with van der Waals surface area (Å²) in [7, 11) is 1.59. The number of aryl methyl sites for hydroxylation is 1. The smallest absolute Gasteiger partial charge is 0.126 e. The lowest BCUT2D eigenvalue weighted by Gasteiger charge is -2.15. The highest BCUT2D eigenvalue weighted by Crippen LogP contribution is 2.31. The molecule has 1 N–H and O–H groups in total. The minimum atomic E-state index is -0.735. The number of ether oxygens (including phenoxy) is 1. The Morgan fingerprint density at radius 3 is 2.67 bits per heavy atom. The van der Waals surface area contributed by atoms with Crippen LogP contribution in [0.25, 0.3) is 0 Å². The van der Waals surface area contributed by atoms with Crippen molar-refractivity contribution in [2.75, 3.05) is 7.11 Å². The Kier molecular flexibility index (Phi) is 3.99. The van der Waals surface area contributed by atoms with Crippen LogP contribution in [-0.2, 0) is 0 Å². The zero-order valence-electron chi connectivity index (χ0n) is 10.2. The van der Waals surface area contributed by atoms with Gasteiger partial charge in [0.15, 0.2) is 0 Å². The molecule has 0 bridgehead atoms. The Morgan fingerprint density at radius 2 is 2.06 bits per heavy atom. The van der Waals surface area contributed by atoms with E-state index in [2.05, 4.69) is 20.9 Å².